The zero-order valence-corrected chi connectivity index (χ0v) is 14.7. The first-order valence-corrected chi connectivity index (χ1v) is 8.86. The van der Waals surface area contributed by atoms with Crippen LogP contribution in [0.15, 0.2) is 42.5 Å². The van der Waals surface area contributed by atoms with E-state index in [4.69, 9.17) is 0 Å². The van der Waals surface area contributed by atoms with Crippen LogP contribution in [0, 0.1) is 10.1 Å². The molecular weight excluding hydrogens is 330 g/mol. The molecule has 7 heteroatoms. The van der Waals surface area contributed by atoms with Crippen LogP contribution in [0.25, 0.3) is 22.4 Å². The van der Waals surface area contributed by atoms with E-state index in [0.717, 1.165) is 49.6 Å². The van der Waals surface area contributed by atoms with E-state index in [1.807, 2.05) is 12.1 Å². The van der Waals surface area contributed by atoms with Gasteiger partial charge in [0.15, 0.2) is 0 Å². The molecule has 0 atom stereocenters. The Morgan fingerprint density at radius 2 is 1.85 bits per heavy atom. The lowest BCUT2D eigenvalue weighted by atomic mass is 10.1. The van der Waals surface area contributed by atoms with Gasteiger partial charge in [-0.25, -0.2) is 4.98 Å². The maximum absolute atomic E-state index is 10.9. The molecule has 0 unspecified atom stereocenters. The lowest BCUT2D eigenvalue weighted by molar-refractivity contribution is -0.384. The van der Waals surface area contributed by atoms with Crippen molar-refractivity contribution >= 4 is 22.4 Å². The summed E-state index contributed by atoms with van der Waals surface area (Å²) in [6.07, 6.45) is 0. The number of piperazine rings is 1. The Labute approximate surface area is 151 Å². The number of H-pyrrole nitrogens is 1. The van der Waals surface area contributed by atoms with Crippen LogP contribution in [0.1, 0.15) is 6.92 Å². The van der Waals surface area contributed by atoms with E-state index >= 15 is 0 Å². The molecule has 0 bridgehead atoms. The highest BCUT2D eigenvalue weighted by Gasteiger charge is 2.16. The number of nitrogens with zero attached hydrogens (tertiary/aromatic N) is 4. The predicted octanol–water partition coefficient (Wildman–Crippen LogP) is 3.28. The maximum atomic E-state index is 10.9. The van der Waals surface area contributed by atoms with Gasteiger partial charge in [0, 0.05) is 49.6 Å². The number of rotatable bonds is 4. The highest BCUT2D eigenvalue weighted by atomic mass is 16.6. The molecule has 0 saturated carbocycles. The monoisotopic (exact) mass is 351 g/mol. The quantitative estimate of drug-likeness (QED) is 0.576. The molecule has 0 spiro atoms. The van der Waals surface area contributed by atoms with Gasteiger partial charge in [-0.2, -0.15) is 0 Å². The summed E-state index contributed by atoms with van der Waals surface area (Å²) in [4.78, 5) is 23.1. The van der Waals surface area contributed by atoms with Crippen molar-refractivity contribution in [3.63, 3.8) is 0 Å². The molecule has 1 fully saturated rings. The second-order valence-electron chi connectivity index (χ2n) is 6.51. The van der Waals surface area contributed by atoms with Crippen molar-refractivity contribution < 1.29 is 4.92 Å². The fraction of sp³-hybridized carbons (Fsp3) is 0.316. The summed E-state index contributed by atoms with van der Waals surface area (Å²) in [5, 5.41) is 10.9. The summed E-state index contributed by atoms with van der Waals surface area (Å²) < 4.78 is 0. The van der Waals surface area contributed by atoms with Crippen LogP contribution in [0.4, 0.5) is 11.4 Å². The van der Waals surface area contributed by atoms with Crippen molar-refractivity contribution in [3.8, 4) is 11.4 Å². The van der Waals surface area contributed by atoms with Crippen molar-refractivity contribution in [1.82, 2.24) is 14.9 Å². The largest absolute Gasteiger partial charge is 0.369 e. The number of non-ortho nitro benzene ring substituents is 1. The number of hydrogen-bond acceptors (Lipinski definition) is 5. The van der Waals surface area contributed by atoms with Crippen molar-refractivity contribution in [2.24, 2.45) is 0 Å². The van der Waals surface area contributed by atoms with E-state index in [0.29, 0.717) is 5.52 Å². The van der Waals surface area contributed by atoms with Gasteiger partial charge in [-0.15, -0.1) is 0 Å². The molecule has 1 aliphatic rings. The normalized spacial score (nSPS) is 15.5. The van der Waals surface area contributed by atoms with E-state index in [1.54, 1.807) is 6.07 Å². The molecule has 7 nitrogen and oxygen atoms in total. The van der Waals surface area contributed by atoms with Gasteiger partial charge in [-0.3, -0.25) is 10.1 Å². The van der Waals surface area contributed by atoms with Crippen LogP contribution in [0.5, 0.6) is 0 Å². The van der Waals surface area contributed by atoms with E-state index in [-0.39, 0.29) is 5.69 Å². The SMILES string of the molecule is CCN1CCN(c2ccc(-c3nc4ccc([N+](=O)[O-])cc4[nH]3)cc2)CC1. The number of aromatic amines is 1. The first kappa shape index (κ1) is 16.5. The van der Waals surface area contributed by atoms with Crippen molar-refractivity contribution in [2.45, 2.75) is 6.92 Å². The fourth-order valence-corrected chi connectivity index (χ4v) is 3.40. The summed E-state index contributed by atoms with van der Waals surface area (Å²) in [7, 11) is 0. The molecule has 134 valence electrons. The number of likely N-dealkylation sites (N-methyl/N-ethyl adjacent to an activating group) is 1. The molecule has 3 aromatic rings. The number of imidazole rings is 1. The Morgan fingerprint density at radius 1 is 1.12 bits per heavy atom. The van der Waals surface area contributed by atoms with E-state index < -0.39 is 4.92 Å². The number of fused-ring (bicyclic) bond motifs is 1. The van der Waals surface area contributed by atoms with E-state index in [9.17, 15) is 10.1 Å². The Bertz CT molecular complexity index is 927. The summed E-state index contributed by atoms with van der Waals surface area (Å²) >= 11 is 0. The number of benzene rings is 2. The Balaban J connectivity index is 1.55. The van der Waals surface area contributed by atoms with Crippen LogP contribution in [0.3, 0.4) is 0 Å². The number of nitro benzene ring substituents is 1. The topological polar surface area (TPSA) is 78.3 Å². The minimum absolute atomic E-state index is 0.0641. The molecule has 1 N–H and O–H groups in total. The smallest absolute Gasteiger partial charge is 0.271 e. The third kappa shape index (κ3) is 3.13. The average Bonchev–Trinajstić information content (AvgIpc) is 3.11. The van der Waals surface area contributed by atoms with Gasteiger partial charge in [0.25, 0.3) is 5.69 Å². The van der Waals surface area contributed by atoms with Gasteiger partial charge in [0.1, 0.15) is 5.82 Å². The minimum Gasteiger partial charge on any atom is -0.369 e. The summed E-state index contributed by atoms with van der Waals surface area (Å²) in [5.41, 5.74) is 3.66. The lowest BCUT2D eigenvalue weighted by Gasteiger charge is -2.35. The Morgan fingerprint density at radius 3 is 2.50 bits per heavy atom. The molecule has 2 aromatic carbocycles. The van der Waals surface area contributed by atoms with Crippen LogP contribution in [-0.2, 0) is 0 Å². The molecule has 0 radical (unpaired) electrons. The summed E-state index contributed by atoms with van der Waals surface area (Å²) in [6, 6.07) is 13.0. The van der Waals surface area contributed by atoms with Crippen molar-refractivity contribution in [1.29, 1.82) is 0 Å². The maximum Gasteiger partial charge on any atom is 0.271 e. The second-order valence-corrected chi connectivity index (χ2v) is 6.51. The molecule has 1 saturated heterocycles. The minimum atomic E-state index is -0.396. The highest BCUT2D eigenvalue weighted by molar-refractivity contribution is 5.81. The van der Waals surface area contributed by atoms with Gasteiger partial charge in [-0.05, 0) is 36.9 Å². The molecule has 2 heterocycles. The summed E-state index contributed by atoms with van der Waals surface area (Å²) in [6.45, 7) is 7.59. The standard InChI is InChI=1S/C19H21N5O2/c1-2-22-9-11-23(12-10-22)15-5-3-14(4-6-15)19-20-17-8-7-16(24(25)26)13-18(17)21-19/h3-8,13H,2,9-12H2,1H3,(H,20,21). The number of aromatic nitrogens is 2. The molecule has 26 heavy (non-hydrogen) atoms. The summed E-state index contributed by atoms with van der Waals surface area (Å²) in [5.74, 6) is 0.725. The molecule has 0 amide bonds. The first-order chi connectivity index (χ1) is 12.6. The van der Waals surface area contributed by atoms with Gasteiger partial charge in [0.05, 0.1) is 16.0 Å². The first-order valence-electron chi connectivity index (χ1n) is 8.86. The zero-order chi connectivity index (χ0) is 18.1. The molecular formula is C19H21N5O2. The van der Waals surface area contributed by atoms with Gasteiger partial charge in [0.2, 0.25) is 0 Å². The third-order valence-corrected chi connectivity index (χ3v) is 5.00. The Kier molecular flexibility index (Phi) is 4.30. The van der Waals surface area contributed by atoms with Gasteiger partial charge in [-0.1, -0.05) is 6.92 Å². The third-order valence-electron chi connectivity index (χ3n) is 5.00. The van der Waals surface area contributed by atoms with E-state index in [1.165, 1.54) is 17.8 Å². The molecule has 4 rings (SSSR count). The molecule has 1 aromatic heterocycles. The number of hydrogen-bond donors (Lipinski definition) is 1. The number of nitrogens with one attached hydrogen (secondary N) is 1. The van der Waals surface area contributed by atoms with Crippen LogP contribution in [-0.4, -0.2) is 52.5 Å². The lowest BCUT2D eigenvalue weighted by Crippen LogP contribution is -2.46. The van der Waals surface area contributed by atoms with Gasteiger partial charge < -0.3 is 14.8 Å². The van der Waals surface area contributed by atoms with Gasteiger partial charge >= 0.3 is 0 Å². The van der Waals surface area contributed by atoms with Crippen LogP contribution in [0.2, 0.25) is 0 Å². The predicted molar refractivity (Wildman–Crippen MR) is 103 cm³/mol. The van der Waals surface area contributed by atoms with Crippen molar-refractivity contribution in [3.05, 3.63) is 52.6 Å². The van der Waals surface area contributed by atoms with E-state index in [2.05, 4.69) is 38.8 Å². The zero-order valence-electron chi connectivity index (χ0n) is 14.7. The fourth-order valence-electron chi connectivity index (χ4n) is 3.40. The second kappa shape index (κ2) is 6.76. The number of anilines is 1. The number of nitro groups is 1. The molecule has 0 aliphatic carbocycles. The molecule has 1 aliphatic heterocycles. The average molecular weight is 351 g/mol. The van der Waals surface area contributed by atoms with Crippen LogP contribution >= 0.6 is 0 Å². The van der Waals surface area contributed by atoms with Crippen LogP contribution < -0.4 is 4.90 Å². The Hall–Kier alpha value is -2.93. The van der Waals surface area contributed by atoms with Crippen molar-refractivity contribution in [2.75, 3.05) is 37.6 Å². The highest BCUT2D eigenvalue weighted by Crippen LogP contribution is 2.26.